The van der Waals surface area contributed by atoms with Gasteiger partial charge in [-0.1, -0.05) is 78.1 Å². The largest absolute Gasteiger partial charge is 0.392 e. The van der Waals surface area contributed by atoms with Gasteiger partial charge in [0.15, 0.2) is 0 Å². The summed E-state index contributed by atoms with van der Waals surface area (Å²) in [6.07, 6.45) is 15.8. The van der Waals surface area contributed by atoms with E-state index in [4.69, 9.17) is 0 Å². The standard InChI is InChI=1S/C22H48N2O2/c1-4-6-7-8-9-10-11-12-13-14-16-22(26)20-24(3)18-15-17-23-19-21(25)5-2/h21-23,25-26H,4-20H2,1-3H3. The van der Waals surface area contributed by atoms with Crippen molar-refractivity contribution >= 4 is 0 Å². The molecule has 26 heavy (non-hydrogen) atoms. The Balaban J connectivity index is 3.35. The monoisotopic (exact) mass is 372 g/mol. The second kappa shape index (κ2) is 19.6. The van der Waals surface area contributed by atoms with E-state index in [0.29, 0.717) is 6.54 Å². The van der Waals surface area contributed by atoms with Crippen molar-refractivity contribution in [3.05, 3.63) is 0 Å². The van der Waals surface area contributed by atoms with Gasteiger partial charge in [0.2, 0.25) is 0 Å². The summed E-state index contributed by atoms with van der Waals surface area (Å²) in [4.78, 5) is 2.22. The van der Waals surface area contributed by atoms with Gasteiger partial charge in [-0.05, 0) is 39.4 Å². The van der Waals surface area contributed by atoms with Gasteiger partial charge >= 0.3 is 0 Å². The van der Waals surface area contributed by atoms with E-state index in [-0.39, 0.29) is 12.2 Å². The Labute approximate surface area is 163 Å². The molecule has 2 unspecified atom stereocenters. The molecule has 4 nitrogen and oxygen atoms in total. The van der Waals surface area contributed by atoms with E-state index in [2.05, 4.69) is 24.2 Å². The SMILES string of the molecule is CCCCCCCCCCCCC(O)CN(C)CCCNCC(O)CC. The van der Waals surface area contributed by atoms with Crippen LogP contribution in [-0.2, 0) is 0 Å². The first-order valence-electron chi connectivity index (χ1n) is 11.4. The second-order valence-electron chi connectivity index (χ2n) is 8.01. The minimum Gasteiger partial charge on any atom is -0.392 e. The smallest absolute Gasteiger partial charge is 0.0667 e. The molecule has 0 aromatic carbocycles. The predicted octanol–water partition coefficient (Wildman–Crippen LogP) is 4.34. The van der Waals surface area contributed by atoms with Crippen molar-refractivity contribution in [3.63, 3.8) is 0 Å². The molecule has 0 aliphatic rings. The first-order chi connectivity index (χ1) is 12.6. The average Bonchev–Trinajstić information content (AvgIpc) is 2.62. The molecule has 0 radical (unpaired) electrons. The van der Waals surface area contributed by atoms with Crippen molar-refractivity contribution in [3.8, 4) is 0 Å². The van der Waals surface area contributed by atoms with Gasteiger partial charge in [0, 0.05) is 13.1 Å². The molecule has 0 rings (SSSR count). The van der Waals surface area contributed by atoms with Crippen LogP contribution in [0.3, 0.4) is 0 Å². The molecule has 0 saturated heterocycles. The van der Waals surface area contributed by atoms with Gasteiger partial charge in [0.25, 0.3) is 0 Å². The summed E-state index contributed by atoms with van der Waals surface area (Å²) in [5, 5.41) is 22.9. The molecule has 0 spiro atoms. The quantitative estimate of drug-likeness (QED) is 0.278. The Morgan fingerprint density at radius 2 is 1.35 bits per heavy atom. The molecule has 0 fully saturated rings. The third-order valence-corrected chi connectivity index (χ3v) is 5.16. The maximum atomic E-state index is 10.2. The normalized spacial score (nSPS) is 14.1. The summed E-state index contributed by atoms with van der Waals surface area (Å²) >= 11 is 0. The Kier molecular flexibility index (Phi) is 19.5. The first kappa shape index (κ1) is 25.8. The lowest BCUT2D eigenvalue weighted by Crippen LogP contribution is -2.32. The lowest BCUT2D eigenvalue weighted by atomic mass is 10.0. The summed E-state index contributed by atoms with van der Waals surface area (Å²) in [5.74, 6) is 0. The average molecular weight is 373 g/mol. The van der Waals surface area contributed by atoms with Crippen LogP contribution in [0.25, 0.3) is 0 Å². The van der Waals surface area contributed by atoms with E-state index in [1.807, 2.05) is 6.92 Å². The third kappa shape index (κ3) is 18.6. The lowest BCUT2D eigenvalue weighted by Gasteiger charge is -2.20. The summed E-state index contributed by atoms with van der Waals surface area (Å²) < 4.78 is 0. The number of hydrogen-bond donors (Lipinski definition) is 3. The zero-order chi connectivity index (χ0) is 19.5. The molecule has 0 aromatic rings. The second-order valence-corrected chi connectivity index (χ2v) is 8.01. The highest BCUT2D eigenvalue weighted by atomic mass is 16.3. The maximum absolute atomic E-state index is 10.2. The summed E-state index contributed by atoms with van der Waals surface area (Å²) in [6.45, 7) is 7.64. The highest BCUT2D eigenvalue weighted by Crippen LogP contribution is 2.12. The molecule has 4 heteroatoms. The van der Waals surface area contributed by atoms with E-state index in [1.54, 1.807) is 0 Å². The predicted molar refractivity (Wildman–Crippen MR) is 114 cm³/mol. The zero-order valence-corrected chi connectivity index (χ0v) is 18.0. The number of hydrogen-bond acceptors (Lipinski definition) is 4. The van der Waals surface area contributed by atoms with Crippen LogP contribution in [0, 0.1) is 0 Å². The van der Waals surface area contributed by atoms with Crippen molar-refractivity contribution in [1.29, 1.82) is 0 Å². The van der Waals surface area contributed by atoms with Gasteiger partial charge in [0.1, 0.15) is 0 Å². The molecule has 0 bridgehead atoms. The highest BCUT2D eigenvalue weighted by Gasteiger charge is 2.08. The topological polar surface area (TPSA) is 55.7 Å². The molecule has 0 aliphatic carbocycles. The van der Waals surface area contributed by atoms with E-state index in [9.17, 15) is 10.2 Å². The fourth-order valence-electron chi connectivity index (χ4n) is 3.30. The molecule has 0 aromatic heterocycles. The summed E-state index contributed by atoms with van der Waals surface area (Å²) in [5.41, 5.74) is 0. The van der Waals surface area contributed by atoms with Gasteiger partial charge in [-0.2, -0.15) is 0 Å². The van der Waals surface area contributed by atoms with E-state index in [0.717, 1.165) is 45.3 Å². The number of unbranched alkanes of at least 4 members (excludes halogenated alkanes) is 9. The molecular formula is C22H48N2O2. The molecule has 2 atom stereocenters. The molecule has 0 saturated carbocycles. The summed E-state index contributed by atoms with van der Waals surface area (Å²) in [7, 11) is 2.09. The van der Waals surface area contributed by atoms with Crippen LogP contribution in [0.5, 0.6) is 0 Å². The number of likely N-dealkylation sites (N-methyl/N-ethyl adjacent to an activating group) is 1. The van der Waals surface area contributed by atoms with Crippen LogP contribution in [0.15, 0.2) is 0 Å². The Morgan fingerprint density at radius 3 is 1.92 bits per heavy atom. The zero-order valence-electron chi connectivity index (χ0n) is 18.0. The van der Waals surface area contributed by atoms with Crippen molar-refractivity contribution in [2.24, 2.45) is 0 Å². The van der Waals surface area contributed by atoms with E-state index >= 15 is 0 Å². The van der Waals surface area contributed by atoms with Gasteiger partial charge in [-0.15, -0.1) is 0 Å². The van der Waals surface area contributed by atoms with Crippen molar-refractivity contribution in [2.75, 3.05) is 33.2 Å². The van der Waals surface area contributed by atoms with Gasteiger partial charge in [-0.3, -0.25) is 0 Å². The molecule has 0 amide bonds. The molecule has 158 valence electrons. The van der Waals surface area contributed by atoms with Gasteiger partial charge in [-0.25, -0.2) is 0 Å². The van der Waals surface area contributed by atoms with Crippen molar-refractivity contribution in [1.82, 2.24) is 10.2 Å². The van der Waals surface area contributed by atoms with Gasteiger partial charge in [0.05, 0.1) is 12.2 Å². The van der Waals surface area contributed by atoms with Crippen LogP contribution >= 0.6 is 0 Å². The fraction of sp³-hybridized carbons (Fsp3) is 1.00. The Morgan fingerprint density at radius 1 is 0.769 bits per heavy atom. The van der Waals surface area contributed by atoms with Crippen LogP contribution in [0.1, 0.15) is 97.3 Å². The Hall–Kier alpha value is -0.160. The van der Waals surface area contributed by atoms with E-state index in [1.165, 1.54) is 57.8 Å². The molecule has 3 N–H and O–H groups in total. The van der Waals surface area contributed by atoms with Crippen LogP contribution in [0.4, 0.5) is 0 Å². The van der Waals surface area contributed by atoms with Crippen molar-refractivity contribution in [2.45, 2.75) is 110 Å². The third-order valence-electron chi connectivity index (χ3n) is 5.16. The number of aliphatic hydroxyl groups excluding tert-OH is 2. The fourth-order valence-corrected chi connectivity index (χ4v) is 3.30. The minimum absolute atomic E-state index is 0.191. The summed E-state index contributed by atoms with van der Waals surface area (Å²) in [6, 6.07) is 0. The lowest BCUT2D eigenvalue weighted by molar-refractivity contribution is 0.114. The van der Waals surface area contributed by atoms with Crippen LogP contribution in [-0.4, -0.2) is 60.5 Å². The number of aliphatic hydroxyl groups is 2. The highest BCUT2D eigenvalue weighted by molar-refractivity contribution is 4.63. The van der Waals surface area contributed by atoms with Crippen LogP contribution in [0.2, 0.25) is 0 Å². The molecule has 0 heterocycles. The van der Waals surface area contributed by atoms with Gasteiger partial charge < -0.3 is 20.4 Å². The van der Waals surface area contributed by atoms with Crippen LogP contribution < -0.4 is 5.32 Å². The van der Waals surface area contributed by atoms with Crippen molar-refractivity contribution < 1.29 is 10.2 Å². The number of nitrogens with one attached hydrogen (secondary N) is 1. The number of nitrogens with zero attached hydrogens (tertiary/aromatic N) is 1. The Bertz CT molecular complexity index is 277. The minimum atomic E-state index is -0.226. The first-order valence-corrected chi connectivity index (χ1v) is 11.4. The molecule has 0 aliphatic heterocycles. The number of rotatable bonds is 20. The van der Waals surface area contributed by atoms with E-state index < -0.39 is 0 Å². The molecular weight excluding hydrogens is 324 g/mol. The maximum Gasteiger partial charge on any atom is 0.0667 e.